The Morgan fingerprint density at radius 2 is 1.79 bits per heavy atom. The summed E-state index contributed by atoms with van der Waals surface area (Å²) < 4.78 is 36.0. The van der Waals surface area contributed by atoms with Gasteiger partial charge in [0, 0.05) is 24.4 Å². The maximum Gasteiger partial charge on any atom is 0.131 e. The van der Waals surface area contributed by atoms with Crippen LogP contribution in [0.5, 0.6) is 0 Å². The van der Waals surface area contributed by atoms with Crippen molar-refractivity contribution >= 4 is 0 Å². The number of halogens is 2. The molecule has 0 spiro atoms. The van der Waals surface area contributed by atoms with Crippen LogP contribution in [0.4, 0.5) is 8.78 Å². The molecule has 1 aromatic heterocycles. The van der Waals surface area contributed by atoms with Gasteiger partial charge in [0.05, 0.1) is 12.7 Å². The first-order valence-electron chi connectivity index (χ1n) is 9.41. The van der Waals surface area contributed by atoms with Gasteiger partial charge in [-0.25, -0.2) is 13.8 Å². The van der Waals surface area contributed by atoms with E-state index >= 15 is 0 Å². The predicted molar refractivity (Wildman–Crippen MR) is 102 cm³/mol. The fraction of sp³-hybridized carbons (Fsp3) is 0.318. The summed E-state index contributed by atoms with van der Waals surface area (Å²) >= 11 is 0. The van der Waals surface area contributed by atoms with Gasteiger partial charge in [-0.1, -0.05) is 36.4 Å². The van der Waals surface area contributed by atoms with E-state index in [1.165, 1.54) is 6.07 Å². The summed E-state index contributed by atoms with van der Waals surface area (Å²) in [6.07, 6.45) is 0.281. The van der Waals surface area contributed by atoms with Crippen LogP contribution in [0.1, 0.15) is 23.4 Å². The van der Waals surface area contributed by atoms with Gasteiger partial charge in [0.1, 0.15) is 35.2 Å². The fourth-order valence-corrected chi connectivity index (χ4v) is 4.30. The van der Waals surface area contributed by atoms with Crippen molar-refractivity contribution in [2.75, 3.05) is 0 Å². The van der Waals surface area contributed by atoms with E-state index in [0.717, 1.165) is 17.7 Å². The molecule has 2 aromatic carbocycles. The van der Waals surface area contributed by atoms with Crippen LogP contribution in [0.25, 0.3) is 0 Å². The van der Waals surface area contributed by atoms with E-state index in [1.54, 1.807) is 12.4 Å². The number of aliphatic hydroxyl groups excluding tert-OH is 2. The Morgan fingerprint density at radius 3 is 2.41 bits per heavy atom. The molecule has 0 amide bonds. The highest BCUT2D eigenvalue weighted by Crippen LogP contribution is 2.45. The number of benzene rings is 2. The number of rotatable bonds is 5. The van der Waals surface area contributed by atoms with E-state index in [0.29, 0.717) is 5.82 Å². The van der Waals surface area contributed by atoms with E-state index in [-0.39, 0.29) is 18.6 Å². The molecule has 7 heteroatoms. The van der Waals surface area contributed by atoms with Crippen molar-refractivity contribution in [2.24, 2.45) is 0 Å². The largest absolute Gasteiger partial charge is 0.390 e. The smallest absolute Gasteiger partial charge is 0.131 e. The van der Waals surface area contributed by atoms with Gasteiger partial charge in [0.25, 0.3) is 0 Å². The molecule has 4 atom stereocenters. The van der Waals surface area contributed by atoms with Gasteiger partial charge in [0.15, 0.2) is 0 Å². The van der Waals surface area contributed by atoms with Crippen molar-refractivity contribution in [1.82, 2.24) is 9.55 Å². The number of hydrogen-bond acceptors (Lipinski definition) is 4. The van der Waals surface area contributed by atoms with E-state index in [1.807, 2.05) is 41.8 Å². The van der Waals surface area contributed by atoms with Crippen LogP contribution in [0.3, 0.4) is 0 Å². The van der Waals surface area contributed by atoms with E-state index in [9.17, 15) is 19.0 Å². The van der Waals surface area contributed by atoms with Crippen molar-refractivity contribution in [2.45, 2.75) is 43.8 Å². The Labute approximate surface area is 167 Å². The number of aromatic nitrogens is 2. The Kier molecular flexibility index (Phi) is 5.21. The molecule has 4 rings (SSSR count). The minimum Gasteiger partial charge on any atom is -0.390 e. The summed E-state index contributed by atoms with van der Waals surface area (Å²) in [7, 11) is 0. The zero-order chi connectivity index (χ0) is 20.6. The molecule has 0 radical (unpaired) electrons. The maximum atomic E-state index is 14.1. The molecule has 1 fully saturated rings. The Hall–Kier alpha value is -2.61. The van der Waals surface area contributed by atoms with Crippen molar-refractivity contribution in [1.29, 1.82) is 0 Å². The van der Waals surface area contributed by atoms with Crippen LogP contribution in [-0.2, 0) is 16.9 Å². The highest BCUT2D eigenvalue weighted by Gasteiger charge is 2.56. The third-order valence-electron chi connectivity index (χ3n) is 5.69. The topological polar surface area (TPSA) is 67.5 Å². The SMILES string of the molecule is Cc1nccn1C1(c2ccccc2)CC(O)C(O)C1OCc1c(F)cccc1F. The zero-order valence-electron chi connectivity index (χ0n) is 15.9. The van der Waals surface area contributed by atoms with Crippen molar-refractivity contribution in [3.05, 3.63) is 89.5 Å². The lowest BCUT2D eigenvalue weighted by atomic mass is 9.85. The second-order valence-corrected chi connectivity index (χ2v) is 7.33. The lowest BCUT2D eigenvalue weighted by Crippen LogP contribution is -2.47. The van der Waals surface area contributed by atoms with Crippen LogP contribution >= 0.6 is 0 Å². The molecule has 152 valence electrons. The standard InChI is InChI=1S/C22H22F2N2O3/c1-14-25-10-11-26(14)22(15-6-3-2-4-7-15)12-19(27)20(28)21(22)29-13-16-17(23)8-5-9-18(16)24/h2-11,19-21,27-28H,12-13H2,1H3. The number of aliphatic hydroxyl groups is 2. The van der Waals surface area contributed by atoms with Crippen molar-refractivity contribution in [3.8, 4) is 0 Å². The molecular weight excluding hydrogens is 378 g/mol. The molecular formula is C22H22F2N2O3. The summed E-state index contributed by atoms with van der Waals surface area (Å²) in [5, 5.41) is 21.3. The van der Waals surface area contributed by atoms with Gasteiger partial charge in [-0.3, -0.25) is 0 Å². The number of nitrogens with zero attached hydrogens (tertiary/aromatic N) is 2. The van der Waals surface area contributed by atoms with Crippen molar-refractivity contribution < 1.29 is 23.7 Å². The Morgan fingerprint density at radius 1 is 1.10 bits per heavy atom. The quantitative estimate of drug-likeness (QED) is 0.691. The molecule has 29 heavy (non-hydrogen) atoms. The molecule has 2 N–H and O–H groups in total. The lowest BCUT2D eigenvalue weighted by Gasteiger charge is -2.38. The van der Waals surface area contributed by atoms with Gasteiger partial charge in [-0.2, -0.15) is 0 Å². The molecule has 1 saturated carbocycles. The van der Waals surface area contributed by atoms with E-state index in [2.05, 4.69) is 4.98 Å². The molecule has 0 saturated heterocycles. The van der Waals surface area contributed by atoms with Gasteiger partial charge in [0.2, 0.25) is 0 Å². The van der Waals surface area contributed by atoms with Crippen LogP contribution in [0.15, 0.2) is 60.9 Å². The third-order valence-corrected chi connectivity index (χ3v) is 5.69. The first-order valence-corrected chi connectivity index (χ1v) is 9.41. The highest BCUT2D eigenvalue weighted by atomic mass is 19.1. The zero-order valence-corrected chi connectivity index (χ0v) is 15.9. The highest BCUT2D eigenvalue weighted by molar-refractivity contribution is 5.33. The maximum absolute atomic E-state index is 14.1. The monoisotopic (exact) mass is 400 g/mol. The van der Waals surface area contributed by atoms with Crippen molar-refractivity contribution in [3.63, 3.8) is 0 Å². The molecule has 0 aliphatic heterocycles. The summed E-state index contributed by atoms with van der Waals surface area (Å²) in [4.78, 5) is 4.29. The number of hydrogen-bond donors (Lipinski definition) is 2. The number of ether oxygens (including phenoxy) is 1. The minimum atomic E-state index is -1.24. The fourth-order valence-electron chi connectivity index (χ4n) is 4.30. The molecule has 4 unspecified atom stereocenters. The molecule has 5 nitrogen and oxygen atoms in total. The lowest BCUT2D eigenvalue weighted by molar-refractivity contribution is -0.0845. The summed E-state index contributed by atoms with van der Waals surface area (Å²) in [5.74, 6) is -0.773. The van der Waals surface area contributed by atoms with Gasteiger partial charge in [-0.05, 0) is 24.6 Å². The molecule has 1 heterocycles. The molecule has 1 aliphatic carbocycles. The molecule has 3 aromatic rings. The van der Waals surface area contributed by atoms with Crippen LogP contribution in [0, 0.1) is 18.6 Å². The molecule has 0 bridgehead atoms. The van der Waals surface area contributed by atoms with Gasteiger partial charge in [-0.15, -0.1) is 0 Å². The second-order valence-electron chi connectivity index (χ2n) is 7.33. The number of aryl methyl sites for hydroxylation is 1. The number of imidazole rings is 1. The average molecular weight is 400 g/mol. The predicted octanol–water partition coefficient (Wildman–Crippen LogP) is 2.92. The van der Waals surface area contributed by atoms with Gasteiger partial charge < -0.3 is 19.5 Å². The van der Waals surface area contributed by atoms with Crippen LogP contribution in [-0.4, -0.2) is 38.1 Å². The van der Waals surface area contributed by atoms with Crippen LogP contribution in [0.2, 0.25) is 0 Å². The third kappa shape index (κ3) is 3.25. The van der Waals surface area contributed by atoms with E-state index < -0.39 is 35.5 Å². The summed E-state index contributed by atoms with van der Waals surface area (Å²) in [5.41, 5.74) is -0.399. The summed E-state index contributed by atoms with van der Waals surface area (Å²) in [6.45, 7) is 1.44. The Bertz CT molecular complexity index is 974. The van der Waals surface area contributed by atoms with Crippen LogP contribution < -0.4 is 0 Å². The molecule has 1 aliphatic rings. The Balaban J connectivity index is 1.80. The summed E-state index contributed by atoms with van der Waals surface area (Å²) in [6, 6.07) is 12.9. The normalized spacial score (nSPS) is 26.7. The van der Waals surface area contributed by atoms with E-state index in [4.69, 9.17) is 4.74 Å². The first kappa shape index (κ1) is 19.7. The van der Waals surface area contributed by atoms with Gasteiger partial charge >= 0.3 is 0 Å². The second kappa shape index (κ2) is 7.67. The first-order chi connectivity index (χ1) is 13.9. The average Bonchev–Trinajstić information content (AvgIpc) is 3.25. The minimum absolute atomic E-state index is 0.166.